The Balaban J connectivity index is 1.53. The lowest BCUT2D eigenvalue weighted by molar-refractivity contribution is -0.130. The van der Waals surface area contributed by atoms with Gasteiger partial charge >= 0.3 is 0 Å². The number of carbonyl (C=O) groups excluding carboxylic acids is 1. The number of pyridine rings is 2. The summed E-state index contributed by atoms with van der Waals surface area (Å²) < 4.78 is 18.0. The van der Waals surface area contributed by atoms with Gasteiger partial charge in [0.1, 0.15) is 6.33 Å². The zero-order valence-electron chi connectivity index (χ0n) is 21.9. The number of hydrogen-bond acceptors (Lipinski definition) is 5. The van der Waals surface area contributed by atoms with Crippen LogP contribution in [0.3, 0.4) is 0 Å². The lowest BCUT2D eigenvalue weighted by Crippen LogP contribution is -2.40. The number of aryl methyl sites for hydroxylation is 1. The first-order valence-corrected chi connectivity index (χ1v) is 12.6. The minimum absolute atomic E-state index is 0.0361. The zero-order valence-corrected chi connectivity index (χ0v) is 21.9. The number of hydrogen-bond donors (Lipinski definition) is 1. The van der Waals surface area contributed by atoms with Crippen LogP contribution in [0.4, 0.5) is 4.39 Å². The number of aromatic nitrogens is 5. The third-order valence-corrected chi connectivity index (χ3v) is 7.65. The van der Waals surface area contributed by atoms with E-state index in [0.29, 0.717) is 23.1 Å². The minimum Gasteiger partial charge on any atom is -0.353 e. The molecule has 1 aliphatic heterocycles. The van der Waals surface area contributed by atoms with E-state index in [0.717, 1.165) is 59.5 Å². The highest BCUT2D eigenvalue weighted by atomic mass is 19.1. The number of H-pyrrole nitrogens is 1. The highest BCUT2D eigenvalue weighted by molar-refractivity contribution is 5.92. The second kappa shape index (κ2) is 9.28. The number of fused-ring (bicyclic) bond motifs is 2. The lowest BCUT2D eigenvalue weighted by atomic mass is 9.90. The number of likely N-dealkylation sites (tertiary alicyclic amines) is 1. The van der Waals surface area contributed by atoms with E-state index in [4.69, 9.17) is 0 Å². The van der Waals surface area contributed by atoms with Gasteiger partial charge in [-0.1, -0.05) is 13.8 Å². The van der Waals surface area contributed by atoms with Gasteiger partial charge in [-0.2, -0.15) is 5.10 Å². The van der Waals surface area contributed by atoms with Crippen molar-refractivity contribution < 1.29 is 9.18 Å². The van der Waals surface area contributed by atoms with Crippen LogP contribution < -0.4 is 0 Å². The van der Waals surface area contributed by atoms with Crippen LogP contribution in [0.2, 0.25) is 0 Å². The number of piperidine rings is 1. The summed E-state index contributed by atoms with van der Waals surface area (Å²) in [5.41, 5.74) is 7.08. The maximum Gasteiger partial charge on any atom is 0.236 e. The maximum atomic E-state index is 16.2. The molecule has 0 atom stereocenters. The molecule has 0 aliphatic carbocycles. The summed E-state index contributed by atoms with van der Waals surface area (Å²) in [5.74, 6) is 0.00503. The number of nitrogens with one attached hydrogen (secondary N) is 1. The number of nitrogens with zero attached hydrogens (tertiary/aromatic N) is 6. The van der Waals surface area contributed by atoms with Gasteiger partial charge in [-0.15, -0.1) is 0 Å². The van der Waals surface area contributed by atoms with Crippen LogP contribution in [-0.4, -0.2) is 74.0 Å². The second-order valence-corrected chi connectivity index (χ2v) is 10.5. The first-order valence-electron chi connectivity index (χ1n) is 12.6. The number of rotatable bonds is 5. The summed E-state index contributed by atoms with van der Waals surface area (Å²) in [6, 6.07) is 0. The lowest BCUT2D eigenvalue weighted by Gasteiger charge is -2.32. The second-order valence-electron chi connectivity index (χ2n) is 10.5. The van der Waals surface area contributed by atoms with E-state index < -0.39 is 0 Å². The Morgan fingerprint density at radius 3 is 2.58 bits per heavy atom. The van der Waals surface area contributed by atoms with Gasteiger partial charge in [-0.05, 0) is 62.4 Å². The molecule has 0 radical (unpaired) electrons. The van der Waals surface area contributed by atoms with E-state index >= 15 is 4.39 Å². The summed E-state index contributed by atoms with van der Waals surface area (Å²) in [5, 5.41) is 4.97. The van der Waals surface area contributed by atoms with E-state index in [1.807, 2.05) is 13.1 Å². The SMILES string of the molecule is Cc1c(-c2[nH]c3cnc(C4CCN(CC(=O)N(C)C)CC4)c(F)c3c2C(C)C)cn2ncnc2c1C. The first kappa shape index (κ1) is 24.4. The average molecular weight is 492 g/mol. The predicted octanol–water partition coefficient (Wildman–Crippen LogP) is 4.42. The van der Waals surface area contributed by atoms with Crippen LogP contribution in [-0.2, 0) is 4.79 Å². The number of carbonyl (C=O) groups is 1. The fourth-order valence-electron chi connectivity index (χ4n) is 5.41. The van der Waals surface area contributed by atoms with Gasteiger partial charge in [-0.3, -0.25) is 14.7 Å². The van der Waals surface area contributed by atoms with Crippen molar-refractivity contribution in [3.63, 3.8) is 0 Å². The molecule has 4 aromatic heterocycles. The molecule has 36 heavy (non-hydrogen) atoms. The third kappa shape index (κ3) is 4.05. The summed E-state index contributed by atoms with van der Waals surface area (Å²) in [4.78, 5) is 28.3. The van der Waals surface area contributed by atoms with Gasteiger partial charge < -0.3 is 9.88 Å². The third-order valence-electron chi connectivity index (χ3n) is 7.65. The van der Waals surface area contributed by atoms with Gasteiger partial charge in [0.05, 0.1) is 29.6 Å². The van der Waals surface area contributed by atoms with Crippen LogP contribution in [0.15, 0.2) is 18.7 Å². The van der Waals surface area contributed by atoms with Crippen molar-refractivity contribution >= 4 is 22.5 Å². The molecule has 1 amide bonds. The molecular weight excluding hydrogens is 457 g/mol. The highest BCUT2D eigenvalue weighted by Crippen LogP contribution is 2.41. The minimum atomic E-state index is -0.224. The fourth-order valence-corrected chi connectivity index (χ4v) is 5.41. The van der Waals surface area contributed by atoms with Gasteiger partial charge in [0.2, 0.25) is 5.91 Å². The Hall–Kier alpha value is -3.33. The van der Waals surface area contributed by atoms with Crippen molar-refractivity contribution in [1.82, 2.24) is 34.4 Å². The highest BCUT2D eigenvalue weighted by Gasteiger charge is 2.29. The molecule has 1 fully saturated rings. The van der Waals surface area contributed by atoms with E-state index in [1.54, 1.807) is 36.0 Å². The molecule has 0 spiro atoms. The summed E-state index contributed by atoms with van der Waals surface area (Å²) >= 11 is 0. The molecule has 5 rings (SSSR count). The Morgan fingerprint density at radius 2 is 1.92 bits per heavy atom. The van der Waals surface area contributed by atoms with Crippen LogP contribution >= 0.6 is 0 Å². The quantitative estimate of drug-likeness (QED) is 0.447. The molecule has 1 saturated heterocycles. The Bertz CT molecular complexity index is 1440. The van der Waals surface area contributed by atoms with Crippen LogP contribution in [0.1, 0.15) is 60.9 Å². The largest absolute Gasteiger partial charge is 0.353 e. The van der Waals surface area contributed by atoms with E-state index in [1.165, 1.54) is 0 Å². The van der Waals surface area contributed by atoms with Crippen molar-refractivity contribution in [1.29, 1.82) is 0 Å². The average Bonchev–Trinajstić information content (AvgIpc) is 3.47. The first-order chi connectivity index (χ1) is 17.2. The van der Waals surface area contributed by atoms with Crippen LogP contribution in [0.5, 0.6) is 0 Å². The molecule has 4 aromatic rings. The van der Waals surface area contributed by atoms with E-state index in [2.05, 4.69) is 45.7 Å². The number of amides is 1. The van der Waals surface area contributed by atoms with Crippen molar-refractivity contribution in [2.24, 2.45) is 0 Å². The van der Waals surface area contributed by atoms with Crippen molar-refractivity contribution in [3.05, 3.63) is 46.9 Å². The molecule has 0 aromatic carbocycles. The molecule has 1 N–H and O–H groups in total. The molecule has 5 heterocycles. The molecular formula is C27H34FN7O. The van der Waals surface area contributed by atoms with E-state index in [-0.39, 0.29) is 23.6 Å². The van der Waals surface area contributed by atoms with Gasteiger partial charge in [0.15, 0.2) is 11.5 Å². The van der Waals surface area contributed by atoms with Crippen molar-refractivity contribution in [2.75, 3.05) is 33.7 Å². The Labute approximate surface area is 210 Å². The van der Waals surface area contributed by atoms with Gasteiger partial charge in [0, 0.05) is 37.2 Å². The smallest absolute Gasteiger partial charge is 0.236 e. The maximum absolute atomic E-state index is 16.2. The molecule has 0 saturated carbocycles. The van der Waals surface area contributed by atoms with Crippen LogP contribution in [0, 0.1) is 19.7 Å². The topological polar surface area (TPSA) is 82.4 Å². The normalized spacial score (nSPS) is 15.4. The van der Waals surface area contributed by atoms with Gasteiger partial charge in [-0.25, -0.2) is 13.9 Å². The molecule has 0 bridgehead atoms. The molecule has 1 aliphatic rings. The fraction of sp³-hybridized carbons (Fsp3) is 0.481. The number of halogens is 1. The van der Waals surface area contributed by atoms with Crippen molar-refractivity contribution in [3.8, 4) is 11.3 Å². The van der Waals surface area contributed by atoms with Gasteiger partial charge in [0.25, 0.3) is 0 Å². The molecule has 8 nitrogen and oxygen atoms in total. The Morgan fingerprint density at radius 1 is 1.19 bits per heavy atom. The summed E-state index contributed by atoms with van der Waals surface area (Å²) in [7, 11) is 3.54. The molecule has 9 heteroatoms. The van der Waals surface area contributed by atoms with Crippen LogP contribution in [0.25, 0.3) is 27.8 Å². The number of likely N-dealkylation sites (N-methyl/N-ethyl adjacent to an activating group) is 1. The van der Waals surface area contributed by atoms with E-state index in [9.17, 15) is 4.79 Å². The van der Waals surface area contributed by atoms with Crippen molar-refractivity contribution in [2.45, 2.75) is 52.4 Å². The summed E-state index contributed by atoms with van der Waals surface area (Å²) in [6.07, 6.45) is 6.87. The molecule has 190 valence electrons. The summed E-state index contributed by atoms with van der Waals surface area (Å²) in [6.45, 7) is 10.2. The molecule has 0 unspecified atom stereocenters. The Kier molecular flexibility index (Phi) is 6.28. The standard InChI is InChI=1S/C27H34FN7O/c1-15(2)22-23-20(32-26(22)19-12-35-27(30-14-31-35)17(4)16(19)3)11-29-25(24(23)28)18-7-9-34(10-8-18)13-21(36)33(5)6/h11-12,14-15,18,32H,7-10,13H2,1-6H3. The monoisotopic (exact) mass is 491 g/mol. The zero-order chi connectivity index (χ0) is 25.7. The number of aromatic amines is 1. The predicted molar refractivity (Wildman–Crippen MR) is 139 cm³/mol.